The molecule has 0 N–H and O–H groups in total. The van der Waals surface area contributed by atoms with Gasteiger partial charge in [0.25, 0.3) is 0 Å². The molecule has 0 amide bonds. The van der Waals surface area contributed by atoms with Crippen LogP contribution in [0.4, 0.5) is 0 Å². The van der Waals surface area contributed by atoms with Gasteiger partial charge in [0.2, 0.25) is 0 Å². The molecule has 1 nitrogen and oxygen atoms in total. The van der Waals surface area contributed by atoms with Crippen molar-refractivity contribution in [2.24, 2.45) is 0 Å². The molecule has 0 unspecified atom stereocenters. The minimum atomic E-state index is 0.925. The van der Waals surface area contributed by atoms with E-state index in [1.165, 1.54) is 10.9 Å². The van der Waals surface area contributed by atoms with E-state index in [1.807, 2.05) is 24.3 Å². The molecule has 17 heavy (non-hydrogen) atoms. The fraction of sp³-hybridized carbons (Fsp3) is 0.0667. The molecule has 1 heterocycles. The monoisotopic (exact) mass is 240 g/mol. The van der Waals surface area contributed by atoms with Gasteiger partial charge in [0.05, 0.1) is 0 Å². The largest absolute Gasteiger partial charge is 0.446 e. The lowest BCUT2D eigenvalue weighted by atomic mass is 10.1. The Morgan fingerprint density at radius 2 is 1.76 bits per heavy atom. The van der Waals surface area contributed by atoms with Crippen molar-refractivity contribution < 1.29 is 4.74 Å². The first-order valence-electron chi connectivity index (χ1n) is 5.54. The topological polar surface area (TPSA) is 9.23 Å². The van der Waals surface area contributed by atoms with Crippen molar-refractivity contribution in [2.75, 3.05) is 0 Å². The van der Waals surface area contributed by atoms with E-state index in [2.05, 4.69) is 36.6 Å². The van der Waals surface area contributed by atoms with Crippen LogP contribution in [-0.2, 0) is 0 Å². The Hall–Kier alpha value is -1.80. The maximum atomic E-state index is 5.98. The van der Waals surface area contributed by atoms with Crippen molar-refractivity contribution in [1.82, 2.24) is 0 Å². The van der Waals surface area contributed by atoms with Gasteiger partial charge in [-0.1, -0.05) is 36.4 Å². The summed E-state index contributed by atoms with van der Waals surface area (Å²) in [6.07, 6.45) is 0. The highest BCUT2D eigenvalue weighted by Gasteiger charge is 2.05. The molecule has 0 atom stereocenters. The Bertz CT molecular complexity index is 649. The van der Waals surface area contributed by atoms with Crippen LogP contribution in [0, 0.1) is 6.92 Å². The molecule has 0 spiro atoms. The second kappa shape index (κ2) is 4.22. The van der Waals surface area contributed by atoms with Crippen LogP contribution in [-0.4, -0.2) is 0 Å². The Kier molecular flexibility index (Phi) is 2.57. The maximum absolute atomic E-state index is 5.98. The SMILES string of the molecule is Cc1ccsc1Oc1cccc2ccccc12. The lowest BCUT2D eigenvalue weighted by Crippen LogP contribution is -1.84. The number of hydrogen-bond acceptors (Lipinski definition) is 2. The maximum Gasteiger partial charge on any atom is 0.183 e. The fourth-order valence-electron chi connectivity index (χ4n) is 1.85. The molecule has 0 fully saturated rings. The third kappa shape index (κ3) is 1.92. The second-order valence-electron chi connectivity index (χ2n) is 3.97. The summed E-state index contributed by atoms with van der Waals surface area (Å²) in [5.74, 6) is 0.925. The predicted octanol–water partition coefficient (Wildman–Crippen LogP) is 5.00. The number of thiophene rings is 1. The molecule has 0 aliphatic rings. The van der Waals surface area contributed by atoms with Crippen LogP contribution in [0.1, 0.15) is 5.56 Å². The molecule has 0 radical (unpaired) electrons. The van der Waals surface area contributed by atoms with Crippen LogP contribution >= 0.6 is 11.3 Å². The van der Waals surface area contributed by atoms with E-state index in [0.29, 0.717) is 0 Å². The van der Waals surface area contributed by atoms with Crippen molar-refractivity contribution in [3.05, 3.63) is 59.5 Å². The molecular weight excluding hydrogens is 228 g/mol. The number of rotatable bonds is 2. The molecule has 0 saturated carbocycles. The van der Waals surface area contributed by atoms with Crippen LogP contribution in [0.5, 0.6) is 10.8 Å². The third-order valence-electron chi connectivity index (χ3n) is 2.77. The van der Waals surface area contributed by atoms with Crippen LogP contribution in [0.3, 0.4) is 0 Å². The van der Waals surface area contributed by atoms with E-state index >= 15 is 0 Å². The summed E-state index contributed by atoms with van der Waals surface area (Å²) in [5.41, 5.74) is 1.18. The summed E-state index contributed by atoms with van der Waals surface area (Å²) < 4.78 is 5.98. The number of fused-ring (bicyclic) bond motifs is 1. The van der Waals surface area contributed by atoms with Crippen molar-refractivity contribution in [3.8, 4) is 10.8 Å². The van der Waals surface area contributed by atoms with Crippen LogP contribution in [0.2, 0.25) is 0 Å². The summed E-state index contributed by atoms with van der Waals surface area (Å²) in [6, 6.07) is 16.5. The van der Waals surface area contributed by atoms with Crippen LogP contribution in [0.25, 0.3) is 10.8 Å². The van der Waals surface area contributed by atoms with E-state index in [-0.39, 0.29) is 0 Å². The zero-order valence-corrected chi connectivity index (χ0v) is 10.3. The van der Waals surface area contributed by atoms with Crippen LogP contribution in [0.15, 0.2) is 53.9 Å². The normalized spacial score (nSPS) is 10.6. The number of aryl methyl sites for hydroxylation is 1. The summed E-state index contributed by atoms with van der Waals surface area (Å²) in [4.78, 5) is 0. The highest BCUT2D eigenvalue weighted by molar-refractivity contribution is 7.12. The molecule has 2 heteroatoms. The van der Waals surface area contributed by atoms with Gasteiger partial charge in [0.1, 0.15) is 5.75 Å². The first-order chi connectivity index (χ1) is 8.34. The predicted molar refractivity (Wildman–Crippen MR) is 73.1 cm³/mol. The molecular formula is C15H12OS. The van der Waals surface area contributed by atoms with E-state index in [9.17, 15) is 0 Å². The first-order valence-corrected chi connectivity index (χ1v) is 6.42. The van der Waals surface area contributed by atoms with Gasteiger partial charge in [0.15, 0.2) is 5.06 Å². The molecule has 0 aliphatic carbocycles. The van der Waals surface area contributed by atoms with Gasteiger partial charge < -0.3 is 4.74 Å². The van der Waals surface area contributed by atoms with Crippen molar-refractivity contribution in [1.29, 1.82) is 0 Å². The minimum absolute atomic E-state index is 0.925. The zero-order valence-electron chi connectivity index (χ0n) is 9.51. The Morgan fingerprint density at radius 1 is 0.941 bits per heavy atom. The molecule has 0 bridgehead atoms. The number of benzene rings is 2. The highest BCUT2D eigenvalue weighted by Crippen LogP contribution is 2.34. The third-order valence-corrected chi connectivity index (χ3v) is 3.66. The van der Waals surface area contributed by atoms with Gasteiger partial charge in [-0.25, -0.2) is 0 Å². The van der Waals surface area contributed by atoms with Gasteiger partial charge in [-0.3, -0.25) is 0 Å². The average molecular weight is 240 g/mol. The van der Waals surface area contributed by atoms with Gasteiger partial charge in [0, 0.05) is 10.9 Å². The van der Waals surface area contributed by atoms with Crippen molar-refractivity contribution in [3.63, 3.8) is 0 Å². The van der Waals surface area contributed by atoms with Gasteiger partial charge in [-0.2, -0.15) is 0 Å². The first kappa shape index (κ1) is 10.4. The Morgan fingerprint density at radius 3 is 2.59 bits per heavy atom. The lowest BCUT2D eigenvalue weighted by Gasteiger charge is -2.07. The fourth-order valence-corrected chi connectivity index (χ4v) is 2.64. The van der Waals surface area contributed by atoms with E-state index in [1.54, 1.807) is 11.3 Å². The van der Waals surface area contributed by atoms with E-state index < -0.39 is 0 Å². The lowest BCUT2D eigenvalue weighted by molar-refractivity contribution is 0.499. The minimum Gasteiger partial charge on any atom is -0.446 e. The molecule has 0 saturated heterocycles. The molecule has 1 aromatic heterocycles. The van der Waals surface area contributed by atoms with E-state index in [4.69, 9.17) is 4.74 Å². The van der Waals surface area contributed by atoms with Gasteiger partial charge in [-0.05, 0) is 29.8 Å². The summed E-state index contributed by atoms with van der Waals surface area (Å²) in [6.45, 7) is 2.07. The summed E-state index contributed by atoms with van der Waals surface area (Å²) in [5, 5.41) is 5.39. The summed E-state index contributed by atoms with van der Waals surface area (Å²) >= 11 is 1.63. The smallest absolute Gasteiger partial charge is 0.183 e. The highest BCUT2D eigenvalue weighted by atomic mass is 32.1. The zero-order chi connectivity index (χ0) is 11.7. The number of ether oxygens (including phenoxy) is 1. The molecule has 2 aromatic carbocycles. The van der Waals surface area contributed by atoms with Crippen LogP contribution < -0.4 is 4.74 Å². The number of hydrogen-bond donors (Lipinski definition) is 0. The van der Waals surface area contributed by atoms with Gasteiger partial charge in [-0.15, -0.1) is 11.3 Å². The standard InChI is InChI=1S/C15H12OS/c1-11-9-10-17-15(11)16-14-8-4-6-12-5-2-3-7-13(12)14/h2-10H,1H3. The molecule has 84 valence electrons. The molecule has 3 aromatic rings. The molecule has 0 aliphatic heterocycles. The Balaban J connectivity index is 2.09. The van der Waals surface area contributed by atoms with Crippen molar-refractivity contribution >= 4 is 22.1 Å². The van der Waals surface area contributed by atoms with Crippen molar-refractivity contribution in [2.45, 2.75) is 6.92 Å². The second-order valence-corrected chi connectivity index (χ2v) is 4.85. The molecule has 3 rings (SSSR count). The summed E-state index contributed by atoms with van der Waals surface area (Å²) in [7, 11) is 0. The average Bonchev–Trinajstić information content (AvgIpc) is 2.76. The van der Waals surface area contributed by atoms with Gasteiger partial charge >= 0.3 is 0 Å². The quantitative estimate of drug-likeness (QED) is 0.612. The van der Waals surface area contributed by atoms with E-state index in [0.717, 1.165) is 16.2 Å². The Labute approximate surface area is 104 Å².